The van der Waals surface area contributed by atoms with Gasteiger partial charge in [0.25, 0.3) is 0 Å². The number of rotatable bonds is 7. The minimum absolute atomic E-state index is 0.245. The summed E-state index contributed by atoms with van der Waals surface area (Å²) in [5, 5.41) is 0. The Morgan fingerprint density at radius 1 is 0.227 bits per heavy atom. The number of benzene rings is 11. The van der Waals surface area contributed by atoms with E-state index in [1.54, 1.807) is 0 Å². The lowest BCUT2D eigenvalue weighted by atomic mass is 9.70. The lowest BCUT2D eigenvalue weighted by Gasteiger charge is -2.31. The summed E-state index contributed by atoms with van der Waals surface area (Å²) in [5.41, 5.74) is 30.0. The Balaban J connectivity index is 0.837. The monoisotopic (exact) mass is 958 g/mol. The fraction of sp³-hybridized carbons (Fsp3) is 0.0959. The Morgan fingerprint density at radius 2 is 0.547 bits per heavy atom. The SMILES string of the molecule is CC1(C)c2cc(N(c3ccccc3)c3ccc(-c4ccccc4)cc3)ccc2-c2ccc(N(c3ccccc3)c3ccc4c(c3)C(C)(C)c3ccc5c(c3-4)-c3ccccc3C53c4ccccc4-c4ccccc43)cc21. The predicted molar refractivity (Wildman–Crippen MR) is 313 cm³/mol. The van der Waals surface area contributed by atoms with Gasteiger partial charge < -0.3 is 9.80 Å². The molecule has 2 heteroatoms. The van der Waals surface area contributed by atoms with E-state index in [0.29, 0.717) is 0 Å². The largest absolute Gasteiger partial charge is 0.310 e. The number of hydrogen-bond donors (Lipinski definition) is 0. The van der Waals surface area contributed by atoms with E-state index in [4.69, 9.17) is 0 Å². The molecule has 0 aliphatic heterocycles. The number of hydrogen-bond acceptors (Lipinski definition) is 2. The Bertz CT molecular complexity index is 4060. The predicted octanol–water partition coefficient (Wildman–Crippen LogP) is 19.2. The van der Waals surface area contributed by atoms with Crippen molar-refractivity contribution in [3.63, 3.8) is 0 Å². The van der Waals surface area contributed by atoms with Crippen LogP contribution in [0.4, 0.5) is 34.1 Å². The average molecular weight is 959 g/mol. The van der Waals surface area contributed by atoms with Gasteiger partial charge in [-0.2, -0.15) is 0 Å². The Hall–Kier alpha value is -8.98. The van der Waals surface area contributed by atoms with Crippen LogP contribution in [0.15, 0.2) is 255 Å². The first-order chi connectivity index (χ1) is 36.7. The Labute approximate surface area is 440 Å². The van der Waals surface area contributed by atoms with Crippen LogP contribution in [-0.4, -0.2) is 0 Å². The van der Waals surface area contributed by atoms with Gasteiger partial charge in [-0.3, -0.25) is 0 Å². The summed E-state index contributed by atoms with van der Waals surface area (Å²) in [5.74, 6) is 0. The van der Waals surface area contributed by atoms with E-state index >= 15 is 0 Å². The molecule has 0 saturated heterocycles. The molecule has 0 radical (unpaired) electrons. The van der Waals surface area contributed by atoms with Gasteiger partial charge in [-0.1, -0.05) is 210 Å². The van der Waals surface area contributed by atoms with Crippen molar-refractivity contribution < 1.29 is 0 Å². The van der Waals surface area contributed by atoms with Crippen molar-refractivity contribution in [1.29, 1.82) is 0 Å². The lowest BCUT2D eigenvalue weighted by molar-refractivity contribution is 0.659. The molecule has 4 aliphatic rings. The molecule has 15 rings (SSSR count). The molecular weight excluding hydrogens is 905 g/mol. The van der Waals surface area contributed by atoms with Crippen molar-refractivity contribution in [3.05, 3.63) is 299 Å². The average Bonchev–Trinajstić information content (AvgIpc) is 4.25. The van der Waals surface area contributed by atoms with Gasteiger partial charge in [0.2, 0.25) is 0 Å². The number of fused-ring (bicyclic) bond motifs is 17. The second kappa shape index (κ2) is 16.0. The third-order valence-electron chi connectivity index (χ3n) is 17.5. The quantitative estimate of drug-likeness (QED) is 0.157. The van der Waals surface area contributed by atoms with Crippen molar-refractivity contribution in [2.45, 2.75) is 43.9 Å². The van der Waals surface area contributed by atoms with Gasteiger partial charge in [-0.25, -0.2) is 0 Å². The third kappa shape index (κ3) is 6.08. The molecule has 2 nitrogen and oxygen atoms in total. The molecule has 11 aromatic rings. The fourth-order valence-electron chi connectivity index (χ4n) is 14.0. The second-order valence-corrected chi connectivity index (χ2v) is 22.0. The van der Waals surface area contributed by atoms with Crippen LogP contribution in [0.1, 0.15) is 72.2 Å². The molecular formula is C73H54N2. The van der Waals surface area contributed by atoms with Gasteiger partial charge in [0, 0.05) is 45.0 Å². The molecule has 0 saturated carbocycles. The molecule has 0 atom stereocenters. The second-order valence-electron chi connectivity index (χ2n) is 22.0. The molecule has 0 fully saturated rings. The molecule has 0 unspecified atom stereocenters. The molecule has 1 spiro atoms. The van der Waals surface area contributed by atoms with E-state index in [1.807, 2.05) is 0 Å². The van der Waals surface area contributed by atoms with E-state index in [-0.39, 0.29) is 16.2 Å². The summed E-state index contributed by atoms with van der Waals surface area (Å²) < 4.78 is 0. The summed E-state index contributed by atoms with van der Waals surface area (Å²) in [6.45, 7) is 9.66. The van der Waals surface area contributed by atoms with Gasteiger partial charge in [0.15, 0.2) is 0 Å². The maximum atomic E-state index is 2.50. The first kappa shape index (κ1) is 43.6. The summed E-state index contributed by atoms with van der Waals surface area (Å²) in [7, 11) is 0. The Kier molecular flexibility index (Phi) is 9.30. The van der Waals surface area contributed by atoms with Crippen molar-refractivity contribution in [1.82, 2.24) is 0 Å². The molecule has 11 aromatic carbocycles. The first-order valence-electron chi connectivity index (χ1n) is 26.5. The molecule has 0 N–H and O–H groups in total. The molecule has 0 bridgehead atoms. The van der Waals surface area contributed by atoms with Crippen LogP contribution in [0.2, 0.25) is 0 Å². The minimum atomic E-state index is -0.385. The van der Waals surface area contributed by atoms with Gasteiger partial charge in [0.1, 0.15) is 0 Å². The standard InChI is InChI=1S/C73H54N2/c1-71(2)64-42-43-65-70(59-28-16-19-31-63(59)73(65)61-29-17-14-26-55(61)56-27-15-18-30-62(56)73)69(64)60-41-38-54(46-68(60)71)75(50-24-12-7-13-25-50)53-37-40-58-57-39-36-52(44-66(57)72(3,4)67(58)45-53)74(49-22-10-6-11-23-49)51-34-32-48(33-35-51)47-20-8-5-9-21-47/h5-46H,1-4H3. The van der Waals surface area contributed by atoms with Crippen LogP contribution >= 0.6 is 0 Å². The normalized spacial score (nSPS) is 14.7. The van der Waals surface area contributed by atoms with Crippen LogP contribution in [0.5, 0.6) is 0 Å². The van der Waals surface area contributed by atoms with E-state index in [1.165, 1.54) is 100 Å². The van der Waals surface area contributed by atoms with Gasteiger partial charge in [0.05, 0.1) is 5.41 Å². The van der Waals surface area contributed by atoms with Crippen molar-refractivity contribution in [3.8, 4) is 55.6 Å². The summed E-state index contributed by atoms with van der Waals surface area (Å²) in [4.78, 5) is 4.86. The van der Waals surface area contributed by atoms with Gasteiger partial charge >= 0.3 is 0 Å². The summed E-state index contributed by atoms with van der Waals surface area (Å²) >= 11 is 0. The zero-order valence-electron chi connectivity index (χ0n) is 42.6. The highest BCUT2D eigenvalue weighted by molar-refractivity contribution is 6.03. The van der Waals surface area contributed by atoms with E-state index < -0.39 is 0 Å². The van der Waals surface area contributed by atoms with Crippen molar-refractivity contribution >= 4 is 34.1 Å². The zero-order chi connectivity index (χ0) is 50.2. The topological polar surface area (TPSA) is 6.48 Å². The van der Waals surface area contributed by atoms with E-state index in [0.717, 1.165) is 34.1 Å². The van der Waals surface area contributed by atoms with E-state index in [2.05, 4.69) is 292 Å². The zero-order valence-corrected chi connectivity index (χ0v) is 42.6. The molecule has 0 aromatic heterocycles. The smallest absolute Gasteiger partial charge is 0.0725 e. The van der Waals surface area contributed by atoms with Gasteiger partial charge in [-0.15, -0.1) is 0 Å². The minimum Gasteiger partial charge on any atom is -0.310 e. The Morgan fingerprint density at radius 3 is 1.08 bits per heavy atom. The molecule has 0 heterocycles. The molecule has 356 valence electrons. The van der Waals surface area contributed by atoms with E-state index in [9.17, 15) is 0 Å². The van der Waals surface area contributed by atoms with Crippen molar-refractivity contribution in [2.24, 2.45) is 0 Å². The third-order valence-corrected chi connectivity index (χ3v) is 17.5. The van der Waals surface area contributed by atoms with Crippen LogP contribution in [0, 0.1) is 0 Å². The highest BCUT2D eigenvalue weighted by Crippen LogP contribution is 2.66. The highest BCUT2D eigenvalue weighted by Gasteiger charge is 2.53. The van der Waals surface area contributed by atoms with Crippen LogP contribution in [-0.2, 0) is 16.2 Å². The first-order valence-corrected chi connectivity index (χ1v) is 26.5. The summed E-state index contributed by atoms with van der Waals surface area (Å²) in [6, 6.07) is 95.3. The number of para-hydroxylation sites is 2. The molecule has 4 aliphatic carbocycles. The fourth-order valence-corrected chi connectivity index (χ4v) is 14.0. The summed E-state index contributed by atoms with van der Waals surface area (Å²) in [6.07, 6.45) is 0. The molecule has 75 heavy (non-hydrogen) atoms. The van der Waals surface area contributed by atoms with Crippen molar-refractivity contribution in [2.75, 3.05) is 9.80 Å². The van der Waals surface area contributed by atoms with Crippen LogP contribution in [0.25, 0.3) is 55.6 Å². The highest BCUT2D eigenvalue weighted by atomic mass is 15.1. The number of nitrogens with zero attached hydrogens (tertiary/aromatic N) is 2. The number of anilines is 6. The van der Waals surface area contributed by atoms with Crippen LogP contribution < -0.4 is 9.80 Å². The molecule has 0 amide bonds. The lowest BCUT2D eigenvalue weighted by Crippen LogP contribution is -2.26. The maximum Gasteiger partial charge on any atom is 0.0725 e. The van der Waals surface area contributed by atoms with Crippen LogP contribution in [0.3, 0.4) is 0 Å². The maximum absolute atomic E-state index is 2.50. The van der Waals surface area contributed by atoms with Gasteiger partial charge in [-0.05, 0) is 173 Å².